The van der Waals surface area contributed by atoms with Crippen molar-refractivity contribution < 1.29 is 18.0 Å². The normalized spacial score (nSPS) is 12.6. The van der Waals surface area contributed by atoms with Gasteiger partial charge in [0.15, 0.2) is 0 Å². The summed E-state index contributed by atoms with van der Waals surface area (Å²) in [7, 11) is 0. The molecule has 2 aromatic rings. The first-order valence-corrected chi connectivity index (χ1v) is 7.55. The van der Waals surface area contributed by atoms with E-state index in [1.165, 1.54) is 0 Å². The van der Waals surface area contributed by atoms with E-state index in [4.69, 9.17) is 11.6 Å². The predicted molar refractivity (Wildman–Crippen MR) is 88.2 cm³/mol. The highest BCUT2D eigenvalue weighted by molar-refractivity contribution is 6.33. The third-order valence-electron chi connectivity index (χ3n) is 3.47. The van der Waals surface area contributed by atoms with Gasteiger partial charge in [0.25, 0.3) is 0 Å². The van der Waals surface area contributed by atoms with Crippen molar-refractivity contribution in [3.05, 3.63) is 64.2 Å². The van der Waals surface area contributed by atoms with E-state index < -0.39 is 17.8 Å². The fourth-order valence-electron chi connectivity index (χ4n) is 2.09. The molecule has 2 N–H and O–H groups in total. The SMILES string of the molecule is Cc1ccc([C@@H](C)NC(=O)Nc2cc(C(F)(F)F)ccc2Cl)cc1. The van der Waals surface area contributed by atoms with Crippen molar-refractivity contribution in [2.24, 2.45) is 0 Å². The molecule has 0 saturated heterocycles. The summed E-state index contributed by atoms with van der Waals surface area (Å²) >= 11 is 5.85. The van der Waals surface area contributed by atoms with Crippen molar-refractivity contribution in [1.82, 2.24) is 5.32 Å². The molecule has 0 aliphatic carbocycles. The lowest BCUT2D eigenvalue weighted by Crippen LogP contribution is -2.31. The standard InChI is InChI=1S/C17H16ClF3N2O/c1-10-3-5-12(6-4-10)11(2)22-16(24)23-15-9-13(17(19,20)21)7-8-14(15)18/h3-9,11H,1-2H3,(H2,22,23,24)/t11-/m1/s1. The largest absolute Gasteiger partial charge is 0.416 e. The van der Waals surface area contributed by atoms with Crippen LogP contribution in [0.2, 0.25) is 5.02 Å². The van der Waals surface area contributed by atoms with Crippen LogP contribution in [-0.4, -0.2) is 6.03 Å². The lowest BCUT2D eigenvalue weighted by Gasteiger charge is -2.16. The van der Waals surface area contributed by atoms with E-state index in [1.54, 1.807) is 6.92 Å². The average Bonchev–Trinajstić information content (AvgIpc) is 2.48. The molecular formula is C17H16ClF3N2O. The molecule has 0 heterocycles. The quantitative estimate of drug-likeness (QED) is 0.743. The van der Waals surface area contributed by atoms with Gasteiger partial charge in [0.2, 0.25) is 0 Å². The first kappa shape index (κ1) is 18.1. The Labute approximate surface area is 142 Å². The van der Waals surface area contributed by atoms with E-state index >= 15 is 0 Å². The second-order valence-corrected chi connectivity index (χ2v) is 5.83. The smallest absolute Gasteiger partial charge is 0.331 e. The number of halogens is 4. The summed E-state index contributed by atoms with van der Waals surface area (Å²) in [5.41, 5.74) is 0.992. The lowest BCUT2D eigenvalue weighted by molar-refractivity contribution is -0.137. The van der Waals surface area contributed by atoms with Crippen molar-refractivity contribution in [2.75, 3.05) is 5.32 Å². The first-order chi connectivity index (χ1) is 11.2. The molecule has 0 aromatic heterocycles. The number of alkyl halides is 3. The number of rotatable bonds is 3. The summed E-state index contributed by atoms with van der Waals surface area (Å²) in [6.45, 7) is 3.72. The Morgan fingerprint density at radius 3 is 2.33 bits per heavy atom. The molecule has 0 aliphatic rings. The number of hydrogen-bond acceptors (Lipinski definition) is 1. The van der Waals surface area contributed by atoms with Gasteiger partial charge in [0, 0.05) is 0 Å². The second-order valence-electron chi connectivity index (χ2n) is 5.42. The van der Waals surface area contributed by atoms with Crippen molar-refractivity contribution in [3.63, 3.8) is 0 Å². The molecule has 0 bridgehead atoms. The molecule has 0 spiro atoms. The van der Waals surface area contributed by atoms with E-state index in [9.17, 15) is 18.0 Å². The fraction of sp³-hybridized carbons (Fsp3) is 0.235. The number of amides is 2. The van der Waals surface area contributed by atoms with Crippen molar-refractivity contribution in [3.8, 4) is 0 Å². The summed E-state index contributed by atoms with van der Waals surface area (Å²) in [5, 5.41) is 5.04. The Bertz CT molecular complexity index is 730. The van der Waals surface area contributed by atoms with Gasteiger partial charge in [-0.05, 0) is 37.6 Å². The zero-order valence-corrected chi connectivity index (χ0v) is 13.8. The van der Waals surface area contributed by atoms with Crippen molar-refractivity contribution in [1.29, 1.82) is 0 Å². The van der Waals surface area contributed by atoms with Crippen LogP contribution in [0.1, 0.15) is 29.7 Å². The second kappa shape index (κ2) is 7.13. The topological polar surface area (TPSA) is 41.1 Å². The van der Waals surface area contributed by atoms with E-state index in [2.05, 4.69) is 10.6 Å². The van der Waals surface area contributed by atoms with E-state index in [0.717, 1.165) is 29.3 Å². The average molecular weight is 357 g/mol. The highest BCUT2D eigenvalue weighted by Crippen LogP contribution is 2.33. The van der Waals surface area contributed by atoms with Gasteiger partial charge in [-0.15, -0.1) is 0 Å². The van der Waals surface area contributed by atoms with Crippen LogP contribution in [0.25, 0.3) is 0 Å². The fourth-order valence-corrected chi connectivity index (χ4v) is 2.26. The van der Waals surface area contributed by atoms with Crippen molar-refractivity contribution in [2.45, 2.75) is 26.1 Å². The molecule has 128 valence electrons. The molecule has 0 aliphatic heterocycles. The predicted octanol–water partition coefficient (Wildman–Crippen LogP) is 5.55. The molecule has 0 fully saturated rings. The number of anilines is 1. The number of aryl methyl sites for hydroxylation is 1. The Balaban J connectivity index is 2.08. The van der Waals surface area contributed by atoms with Crippen LogP contribution in [0.3, 0.4) is 0 Å². The maximum atomic E-state index is 12.7. The molecule has 2 aromatic carbocycles. The third-order valence-corrected chi connectivity index (χ3v) is 3.80. The van der Waals surface area contributed by atoms with E-state index in [-0.39, 0.29) is 16.8 Å². The Kier molecular flexibility index (Phi) is 5.39. The van der Waals surface area contributed by atoms with Gasteiger partial charge in [0.05, 0.1) is 22.3 Å². The Morgan fingerprint density at radius 2 is 1.75 bits per heavy atom. The summed E-state index contributed by atoms with van der Waals surface area (Å²) < 4.78 is 38.2. The molecule has 2 amide bonds. The minimum Gasteiger partial charge on any atom is -0.331 e. The number of carbonyl (C=O) groups is 1. The van der Waals surface area contributed by atoms with Crippen LogP contribution in [0.15, 0.2) is 42.5 Å². The van der Waals surface area contributed by atoms with Gasteiger partial charge in [0.1, 0.15) is 0 Å². The molecule has 0 unspecified atom stereocenters. The number of hydrogen-bond donors (Lipinski definition) is 2. The van der Waals surface area contributed by atoms with Crippen LogP contribution in [0.4, 0.5) is 23.7 Å². The van der Waals surface area contributed by atoms with E-state index in [1.807, 2.05) is 31.2 Å². The highest BCUT2D eigenvalue weighted by atomic mass is 35.5. The molecule has 2 rings (SSSR count). The summed E-state index contributed by atoms with van der Waals surface area (Å²) in [4.78, 5) is 12.0. The monoisotopic (exact) mass is 356 g/mol. The maximum Gasteiger partial charge on any atom is 0.416 e. The minimum atomic E-state index is -4.51. The van der Waals surface area contributed by atoms with Crippen LogP contribution < -0.4 is 10.6 Å². The summed E-state index contributed by atoms with van der Waals surface area (Å²) in [5.74, 6) is 0. The molecular weight excluding hydrogens is 341 g/mol. The summed E-state index contributed by atoms with van der Waals surface area (Å²) in [6.07, 6.45) is -4.51. The van der Waals surface area contributed by atoms with Gasteiger partial charge < -0.3 is 10.6 Å². The third kappa shape index (κ3) is 4.64. The van der Waals surface area contributed by atoms with Crippen molar-refractivity contribution >= 4 is 23.3 Å². The number of nitrogens with one attached hydrogen (secondary N) is 2. The molecule has 24 heavy (non-hydrogen) atoms. The number of benzene rings is 2. The number of carbonyl (C=O) groups excluding carboxylic acids is 1. The molecule has 7 heteroatoms. The zero-order chi connectivity index (χ0) is 17.9. The van der Waals surface area contributed by atoms with Gasteiger partial charge in [-0.3, -0.25) is 0 Å². The number of urea groups is 1. The van der Waals surface area contributed by atoms with Crippen LogP contribution >= 0.6 is 11.6 Å². The molecule has 3 nitrogen and oxygen atoms in total. The molecule has 0 radical (unpaired) electrons. The lowest BCUT2D eigenvalue weighted by atomic mass is 10.1. The van der Waals surface area contributed by atoms with Gasteiger partial charge in [-0.2, -0.15) is 13.2 Å². The molecule has 0 saturated carbocycles. The van der Waals surface area contributed by atoms with Crippen LogP contribution in [0, 0.1) is 6.92 Å². The van der Waals surface area contributed by atoms with Crippen LogP contribution in [0.5, 0.6) is 0 Å². The van der Waals surface area contributed by atoms with E-state index in [0.29, 0.717) is 0 Å². The highest BCUT2D eigenvalue weighted by Gasteiger charge is 2.31. The Hall–Kier alpha value is -2.21. The maximum absolute atomic E-state index is 12.7. The zero-order valence-electron chi connectivity index (χ0n) is 13.0. The minimum absolute atomic E-state index is 0.0288. The van der Waals surface area contributed by atoms with Gasteiger partial charge >= 0.3 is 12.2 Å². The summed E-state index contributed by atoms with van der Waals surface area (Å²) in [6, 6.07) is 9.39. The van der Waals surface area contributed by atoms with Gasteiger partial charge in [-0.1, -0.05) is 41.4 Å². The Morgan fingerprint density at radius 1 is 1.12 bits per heavy atom. The van der Waals surface area contributed by atoms with Gasteiger partial charge in [-0.25, -0.2) is 4.79 Å². The first-order valence-electron chi connectivity index (χ1n) is 7.17. The molecule has 1 atom stereocenters. The van der Waals surface area contributed by atoms with Crippen LogP contribution in [-0.2, 0) is 6.18 Å².